The molecule has 0 atom stereocenters. The molecule has 1 aliphatic rings. The van der Waals surface area contributed by atoms with Gasteiger partial charge in [0, 0.05) is 21.2 Å². The average molecular weight is 293 g/mol. The van der Waals surface area contributed by atoms with Crippen LogP contribution in [0.2, 0.25) is 25.7 Å². The Morgan fingerprint density at radius 2 is 2.15 bits per heavy atom. The normalized spacial score (nSPS) is 14.4. The lowest BCUT2D eigenvalue weighted by Gasteiger charge is -2.16. The van der Waals surface area contributed by atoms with Crippen molar-refractivity contribution in [2.24, 2.45) is 0 Å². The second kappa shape index (κ2) is 5.97. The van der Waals surface area contributed by atoms with Crippen LogP contribution in [-0.2, 0) is 17.8 Å². The fourth-order valence-corrected chi connectivity index (χ4v) is 3.04. The van der Waals surface area contributed by atoms with Crippen LogP contribution in [0.15, 0.2) is 18.2 Å². The van der Waals surface area contributed by atoms with E-state index in [1.54, 1.807) is 0 Å². The van der Waals surface area contributed by atoms with Crippen LogP contribution in [0.5, 0.6) is 0 Å². The van der Waals surface area contributed by atoms with Crippen LogP contribution in [0.3, 0.4) is 0 Å². The third kappa shape index (κ3) is 3.83. The molecule has 0 radical (unpaired) electrons. The number of amides is 1. The Kier molecular flexibility index (Phi) is 4.50. The first-order valence-electron chi connectivity index (χ1n) is 7.07. The minimum absolute atomic E-state index is 0.560. The van der Waals surface area contributed by atoms with Gasteiger partial charge in [0.25, 0.3) is 0 Å². The van der Waals surface area contributed by atoms with E-state index in [-0.39, 0.29) is 0 Å². The highest BCUT2D eigenvalue weighted by Crippen LogP contribution is 2.29. The molecule has 0 fully saturated rings. The van der Waals surface area contributed by atoms with Gasteiger partial charge in [-0.2, -0.15) is 0 Å². The third-order valence-corrected chi connectivity index (χ3v) is 5.25. The van der Waals surface area contributed by atoms with E-state index in [2.05, 4.69) is 19.6 Å². The Morgan fingerprint density at radius 1 is 1.40 bits per heavy atom. The molecular formula is C15H23NO3Si. The Morgan fingerprint density at radius 3 is 2.80 bits per heavy atom. The predicted octanol–water partition coefficient (Wildman–Crippen LogP) is 3.58. The van der Waals surface area contributed by atoms with Gasteiger partial charge in [-0.3, -0.25) is 4.90 Å². The molecule has 0 saturated heterocycles. The molecule has 1 heterocycles. The van der Waals surface area contributed by atoms with E-state index in [1.807, 2.05) is 18.2 Å². The minimum Gasteiger partial charge on any atom is -0.465 e. The summed E-state index contributed by atoms with van der Waals surface area (Å²) in [4.78, 5) is 12.6. The number of anilines is 1. The smallest absolute Gasteiger partial charge is 0.411 e. The van der Waals surface area contributed by atoms with Gasteiger partial charge in [-0.1, -0.05) is 31.8 Å². The number of carboxylic acid groups (broad SMARTS) is 1. The van der Waals surface area contributed by atoms with Crippen LogP contribution >= 0.6 is 0 Å². The standard InChI is InChI=1S/C15H23NO3Si/c1-20(2,3)9-8-19-11-12-4-5-13-6-7-16(15(17)18)14(13)10-12/h4-5,10H,6-9,11H2,1-3H3,(H,17,18). The van der Waals surface area contributed by atoms with Gasteiger partial charge in [0.05, 0.1) is 12.3 Å². The Hall–Kier alpha value is -1.33. The highest BCUT2D eigenvalue weighted by atomic mass is 28.3. The molecule has 110 valence electrons. The number of benzene rings is 1. The summed E-state index contributed by atoms with van der Waals surface area (Å²) >= 11 is 0. The van der Waals surface area contributed by atoms with Crippen molar-refractivity contribution < 1.29 is 14.6 Å². The number of fused-ring (bicyclic) bond motifs is 1. The molecule has 1 N–H and O–H groups in total. The number of ether oxygens (including phenoxy) is 1. The molecule has 1 aromatic carbocycles. The minimum atomic E-state index is -1.05. The number of hydrogen-bond donors (Lipinski definition) is 1. The predicted molar refractivity (Wildman–Crippen MR) is 83.3 cm³/mol. The van der Waals surface area contributed by atoms with E-state index in [0.717, 1.165) is 35.9 Å². The first-order valence-corrected chi connectivity index (χ1v) is 10.8. The summed E-state index contributed by atoms with van der Waals surface area (Å²) < 4.78 is 5.72. The van der Waals surface area contributed by atoms with Gasteiger partial charge in [0.2, 0.25) is 0 Å². The maximum atomic E-state index is 11.1. The third-order valence-electron chi connectivity index (χ3n) is 3.54. The van der Waals surface area contributed by atoms with Crippen LogP contribution in [0, 0.1) is 0 Å². The first kappa shape index (κ1) is 15.1. The summed E-state index contributed by atoms with van der Waals surface area (Å²) in [6.07, 6.45) is -0.0705. The van der Waals surface area contributed by atoms with E-state index in [0.29, 0.717) is 13.2 Å². The number of rotatable bonds is 5. The quantitative estimate of drug-likeness (QED) is 0.667. The van der Waals surface area contributed by atoms with E-state index in [9.17, 15) is 4.79 Å². The molecule has 2 rings (SSSR count). The van der Waals surface area contributed by atoms with Gasteiger partial charge >= 0.3 is 6.09 Å². The van der Waals surface area contributed by atoms with Crippen molar-refractivity contribution in [2.75, 3.05) is 18.1 Å². The zero-order valence-corrected chi connectivity index (χ0v) is 13.5. The van der Waals surface area contributed by atoms with Crippen molar-refractivity contribution >= 4 is 19.9 Å². The molecule has 5 heteroatoms. The largest absolute Gasteiger partial charge is 0.465 e. The van der Waals surface area contributed by atoms with E-state index in [4.69, 9.17) is 9.84 Å². The summed E-state index contributed by atoms with van der Waals surface area (Å²) in [6, 6.07) is 7.17. The van der Waals surface area contributed by atoms with Gasteiger partial charge in [-0.15, -0.1) is 0 Å². The molecular weight excluding hydrogens is 270 g/mol. The van der Waals surface area contributed by atoms with Crippen molar-refractivity contribution in [3.63, 3.8) is 0 Å². The Balaban J connectivity index is 1.94. The maximum absolute atomic E-state index is 11.1. The lowest BCUT2D eigenvalue weighted by atomic mass is 10.1. The van der Waals surface area contributed by atoms with Gasteiger partial charge in [0.1, 0.15) is 0 Å². The Labute approximate surface area is 121 Å². The SMILES string of the molecule is C[Si](C)(C)CCOCc1ccc2c(c1)N(C(=O)O)CC2. The van der Waals surface area contributed by atoms with Crippen molar-refractivity contribution in [3.8, 4) is 0 Å². The lowest BCUT2D eigenvalue weighted by Crippen LogP contribution is -2.26. The highest BCUT2D eigenvalue weighted by molar-refractivity contribution is 6.76. The zero-order chi connectivity index (χ0) is 14.8. The second-order valence-corrected chi connectivity index (χ2v) is 12.1. The van der Waals surface area contributed by atoms with Crippen molar-refractivity contribution in [1.82, 2.24) is 0 Å². The molecule has 1 aromatic rings. The summed E-state index contributed by atoms with van der Waals surface area (Å²) in [5.74, 6) is 0. The van der Waals surface area contributed by atoms with Crippen molar-refractivity contribution in [1.29, 1.82) is 0 Å². The van der Waals surface area contributed by atoms with E-state index >= 15 is 0 Å². The molecule has 0 saturated carbocycles. The van der Waals surface area contributed by atoms with Crippen molar-refractivity contribution in [2.45, 2.75) is 38.7 Å². The van der Waals surface area contributed by atoms with E-state index < -0.39 is 14.2 Å². The van der Waals surface area contributed by atoms with Gasteiger partial charge < -0.3 is 9.84 Å². The monoisotopic (exact) mass is 293 g/mol. The van der Waals surface area contributed by atoms with Crippen LogP contribution in [0.1, 0.15) is 11.1 Å². The average Bonchev–Trinajstić information content (AvgIpc) is 2.76. The summed E-state index contributed by atoms with van der Waals surface area (Å²) in [5.41, 5.74) is 2.98. The highest BCUT2D eigenvalue weighted by Gasteiger charge is 2.24. The molecule has 0 bridgehead atoms. The molecule has 0 aromatic heterocycles. The van der Waals surface area contributed by atoms with Gasteiger partial charge in [-0.05, 0) is 29.7 Å². The van der Waals surface area contributed by atoms with Crippen molar-refractivity contribution in [3.05, 3.63) is 29.3 Å². The number of carbonyl (C=O) groups is 1. The van der Waals surface area contributed by atoms with Crippen LogP contribution < -0.4 is 4.90 Å². The molecule has 0 unspecified atom stereocenters. The van der Waals surface area contributed by atoms with Crippen LogP contribution in [-0.4, -0.2) is 32.4 Å². The van der Waals surface area contributed by atoms with Gasteiger partial charge in [0.15, 0.2) is 0 Å². The van der Waals surface area contributed by atoms with Crippen LogP contribution in [0.4, 0.5) is 10.5 Å². The fraction of sp³-hybridized carbons (Fsp3) is 0.533. The number of hydrogen-bond acceptors (Lipinski definition) is 2. The topological polar surface area (TPSA) is 49.8 Å². The molecule has 1 aliphatic heterocycles. The molecule has 4 nitrogen and oxygen atoms in total. The second-order valence-electron chi connectivity index (χ2n) is 6.51. The number of nitrogens with zero attached hydrogens (tertiary/aromatic N) is 1. The molecule has 20 heavy (non-hydrogen) atoms. The molecule has 0 spiro atoms. The fourth-order valence-electron chi connectivity index (χ4n) is 2.28. The lowest BCUT2D eigenvalue weighted by molar-refractivity contribution is 0.133. The van der Waals surface area contributed by atoms with E-state index in [1.165, 1.54) is 4.90 Å². The van der Waals surface area contributed by atoms with Crippen LogP contribution in [0.25, 0.3) is 0 Å². The summed E-state index contributed by atoms with van der Waals surface area (Å²) in [6.45, 7) is 8.90. The summed E-state index contributed by atoms with van der Waals surface area (Å²) in [7, 11) is -1.05. The molecule has 0 aliphatic carbocycles. The summed E-state index contributed by atoms with van der Waals surface area (Å²) in [5, 5.41) is 9.15. The first-order chi connectivity index (χ1) is 9.37. The Bertz CT molecular complexity index is 496. The zero-order valence-electron chi connectivity index (χ0n) is 12.5. The maximum Gasteiger partial charge on any atom is 0.411 e. The van der Waals surface area contributed by atoms with Gasteiger partial charge in [-0.25, -0.2) is 4.79 Å². The molecule has 1 amide bonds.